The molecule has 49 heavy (non-hydrogen) atoms. The van der Waals surface area contributed by atoms with Crippen LogP contribution in [0.4, 0.5) is 11.4 Å². The van der Waals surface area contributed by atoms with Crippen LogP contribution < -0.4 is 20.1 Å². The number of carbonyl (C=O) groups excluding carboxylic acids is 2. The molecule has 0 fully saturated rings. The van der Waals surface area contributed by atoms with Crippen molar-refractivity contribution in [3.8, 4) is 11.5 Å². The van der Waals surface area contributed by atoms with Crippen LogP contribution >= 0.6 is 11.6 Å². The molecule has 0 aliphatic heterocycles. The van der Waals surface area contributed by atoms with Gasteiger partial charge in [-0.1, -0.05) is 119 Å². The van der Waals surface area contributed by atoms with E-state index in [1.807, 2.05) is 12.1 Å². The lowest BCUT2D eigenvalue weighted by Crippen LogP contribution is -2.25. The zero-order valence-corrected chi connectivity index (χ0v) is 32.7. The van der Waals surface area contributed by atoms with Gasteiger partial charge < -0.3 is 20.1 Å². The number of anilines is 2. The molecule has 0 aliphatic carbocycles. The highest BCUT2D eigenvalue weighted by Gasteiger charge is 2.28. The predicted octanol–water partition coefficient (Wildman–Crippen LogP) is 11.1. The van der Waals surface area contributed by atoms with Crippen LogP contribution in [0.1, 0.15) is 131 Å². The molecule has 3 rings (SSSR count). The molecule has 0 heterocycles. The summed E-state index contributed by atoms with van der Waals surface area (Å²) in [5.41, 5.74) is 5.36. The fourth-order valence-electron chi connectivity index (χ4n) is 5.37. The van der Waals surface area contributed by atoms with Crippen molar-refractivity contribution >= 4 is 34.8 Å². The third-order valence-electron chi connectivity index (χ3n) is 10.8. The number of nitrogens with one attached hydrogen (secondary N) is 2. The van der Waals surface area contributed by atoms with Gasteiger partial charge in [0, 0.05) is 16.8 Å². The first-order valence-corrected chi connectivity index (χ1v) is 18.1. The molecule has 0 radical (unpaired) electrons. The van der Waals surface area contributed by atoms with Crippen LogP contribution in [0.2, 0.25) is 5.02 Å². The van der Waals surface area contributed by atoms with Crippen LogP contribution in [-0.2, 0) is 31.2 Å². The number of halogens is 1. The number of carbonyl (C=O) groups is 2. The molecule has 2 amide bonds. The van der Waals surface area contributed by atoms with E-state index in [9.17, 15) is 9.59 Å². The highest BCUT2D eigenvalue weighted by molar-refractivity contribution is 6.33. The molecular formula is C42H59ClN2O4. The number of hydrogen-bond donors (Lipinski definition) is 2. The maximum Gasteiger partial charge on any atom is 0.262 e. The molecule has 0 saturated heterocycles. The lowest BCUT2D eigenvalue weighted by atomic mass is 9.76. The lowest BCUT2D eigenvalue weighted by molar-refractivity contribution is -0.118. The predicted molar refractivity (Wildman–Crippen MR) is 206 cm³/mol. The molecule has 0 atom stereocenters. The van der Waals surface area contributed by atoms with Crippen molar-refractivity contribution in [2.24, 2.45) is 0 Å². The Morgan fingerprint density at radius 2 is 0.980 bits per heavy atom. The Morgan fingerprint density at radius 1 is 0.571 bits per heavy atom. The van der Waals surface area contributed by atoms with Gasteiger partial charge in [0.25, 0.3) is 11.8 Å². The Hall–Kier alpha value is -3.51. The Bertz CT molecular complexity index is 1620. The van der Waals surface area contributed by atoms with Crippen LogP contribution in [0.5, 0.6) is 11.5 Å². The second kappa shape index (κ2) is 16.0. The van der Waals surface area contributed by atoms with Gasteiger partial charge in [-0.25, -0.2) is 0 Å². The van der Waals surface area contributed by atoms with Gasteiger partial charge in [-0.3, -0.25) is 9.59 Å². The van der Waals surface area contributed by atoms with Crippen molar-refractivity contribution < 1.29 is 19.1 Å². The van der Waals surface area contributed by atoms with Crippen molar-refractivity contribution in [1.82, 2.24) is 0 Å². The average Bonchev–Trinajstić information content (AvgIpc) is 3.07. The summed E-state index contributed by atoms with van der Waals surface area (Å²) in [6.07, 6.45) is 3.88. The molecule has 3 aromatic carbocycles. The summed E-state index contributed by atoms with van der Waals surface area (Å²) in [5, 5.41) is 6.07. The summed E-state index contributed by atoms with van der Waals surface area (Å²) in [4.78, 5) is 26.1. The quantitative estimate of drug-likeness (QED) is 0.157. The minimum atomic E-state index is -0.354. The van der Waals surface area contributed by atoms with E-state index in [-0.39, 0.29) is 46.7 Å². The molecule has 0 unspecified atom stereocenters. The zero-order chi connectivity index (χ0) is 36.8. The van der Waals surface area contributed by atoms with Crippen LogP contribution in [-0.4, -0.2) is 25.0 Å². The summed E-state index contributed by atoms with van der Waals surface area (Å²) >= 11 is 6.45. The minimum Gasteiger partial charge on any atom is -0.483 e. The molecule has 0 saturated carbocycles. The first-order valence-electron chi connectivity index (χ1n) is 17.7. The first-order chi connectivity index (χ1) is 22.8. The fraction of sp³-hybridized carbons (Fsp3) is 0.524. The molecule has 0 aromatic heterocycles. The highest BCUT2D eigenvalue weighted by Crippen LogP contribution is 2.40. The van der Waals surface area contributed by atoms with E-state index in [0.29, 0.717) is 27.9 Å². The molecule has 7 heteroatoms. The van der Waals surface area contributed by atoms with Gasteiger partial charge in [0.2, 0.25) is 0 Å². The van der Waals surface area contributed by atoms with Crippen molar-refractivity contribution in [3.63, 3.8) is 0 Å². The van der Waals surface area contributed by atoms with Crippen molar-refractivity contribution in [2.45, 2.75) is 130 Å². The molecule has 0 aliphatic rings. The standard InChI is InChI=1S/C42H59ClN2O4/c1-13-39(5,6)28-17-21-35(31(23-28)41(9,10)15-3)48-26-37(46)44-30-19-20-33(43)34(25-30)45-38(47)27-49-36-22-18-29(40(7,8)14-2)24-32(36)42(11,12)16-4/h17-25H,13-16,26-27H2,1-12H3,(H,44,46)(H,45,47). The van der Waals surface area contributed by atoms with Crippen LogP contribution in [0, 0.1) is 0 Å². The Kier molecular flexibility index (Phi) is 13.0. The zero-order valence-electron chi connectivity index (χ0n) is 31.9. The molecule has 0 spiro atoms. The second-order valence-electron chi connectivity index (χ2n) is 15.7. The van der Waals surface area contributed by atoms with Crippen molar-refractivity contribution in [1.29, 1.82) is 0 Å². The molecule has 6 nitrogen and oxygen atoms in total. The highest BCUT2D eigenvalue weighted by atomic mass is 35.5. The van der Waals surface area contributed by atoms with Crippen LogP contribution in [0.15, 0.2) is 54.6 Å². The van der Waals surface area contributed by atoms with Gasteiger partial charge in [-0.15, -0.1) is 0 Å². The maximum absolute atomic E-state index is 13.1. The van der Waals surface area contributed by atoms with Crippen LogP contribution in [0.3, 0.4) is 0 Å². The molecule has 3 aromatic rings. The van der Waals surface area contributed by atoms with Crippen molar-refractivity contribution in [2.75, 3.05) is 23.8 Å². The van der Waals surface area contributed by atoms with Gasteiger partial charge in [-0.2, -0.15) is 0 Å². The topological polar surface area (TPSA) is 76.7 Å². The van der Waals surface area contributed by atoms with Gasteiger partial charge in [-0.05, 0) is 88.8 Å². The van der Waals surface area contributed by atoms with E-state index in [1.54, 1.807) is 18.2 Å². The largest absolute Gasteiger partial charge is 0.483 e. The molecular weight excluding hydrogens is 632 g/mol. The summed E-state index contributed by atoms with van der Waals surface area (Å²) < 4.78 is 12.2. The third kappa shape index (κ3) is 10.0. The van der Waals surface area contributed by atoms with E-state index in [4.69, 9.17) is 21.1 Å². The normalized spacial score (nSPS) is 12.4. The SMILES string of the molecule is CCC(C)(C)c1ccc(OCC(=O)Nc2ccc(Cl)c(NC(=O)COc3ccc(C(C)(C)CC)cc3C(C)(C)CC)c2)c(C(C)(C)CC)c1. The number of benzene rings is 3. The van der Waals surface area contributed by atoms with E-state index in [2.05, 4.69) is 118 Å². The van der Waals surface area contributed by atoms with Gasteiger partial charge in [0.1, 0.15) is 11.5 Å². The summed E-state index contributed by atoms with van der Waals surface area (Å²) in [6.45, 7) is 26.1. The molecule has 268 valence electrons. The first kappa shape index (κ1) is 39.9. The van der Waals surface area contributed by atoms with E-state index in [1.165, 1.54) is 11.1 Å². The fourth-order valence-corrected chi connectivity index (χ4v) is 5.53. The minimum absolute atomic E-state index is 0.0318. The monoisotopic (exact) mass is 690 g/mol. The smallest absolute Gasteiger partial charge is 0.262 e. The number of hydrogen-bond acceptors (Lipinski definition) is 4. The number of ether oxygens (including phenoxy) is 2. The summed E-state index contributed by atoms with van der Waals surface area (Å²) in [7, 11) is 0. The number of amides is 2. The van der Waals surface area contributed by atoms with Crippen molar-refractivity contribution in [3.05, 3.63) is 81.9 Å². The van der Waals surface area contributed by atoms with E-state index in [0.717, 1.165) is 36.8 Å². The van der Waals surface area contributed by atoms with Gasteiger partial charge in [0.05, 0.1) is 10.7 Å². The van der Waals surface area contributed by atoms with E-state index >= 15 is 0 Å². The average molecular weight is 691 g/mol. The van der Waals surface area contributed by atoms with Gasteiger partial charge in [0.15, 0.2) is 13.2 Å². The third-order valence-corrected chi connectivity index (χ3v) is 11.1. The Labute approximate surface area is 300 Å². The summed E-state index contributed by atoms with van der Waals surface area (Å²) in [5.74, 6) is 0.726. The number of rotatable bonds is 16. The van der Waals surface area contributed by atoms with E-state index < -0.39 is 0 Å². The second-order valence-corrected chi connectivity index (χ2v) is 16.1. The Morgan fingerprint density at radius 3 is 1.39 bits per heavy atom. The molecule has 2 N–H and O–H groups in total. The summed E-state index contributed by atoms with van der Waals surface area (Å²) in [6, 6.07) is 17.6. The van der Waals surface area contributed by atoms with Crippen LogP contribution in [0.25, 0.3) is 0 Å². The lowest BCUT2D eigenvalue weighted by Gasteiger charge is -2.30. The van der Waals surface area contributed by atoms with Gasteiger partial charge >= 0.3 is 0 Å². The maximum atomic E-state index is 13.1. The molecule has 0 bridgehead atoms. The Balaban J connectivity index is 1.70.